The number of fused-ring (bicyclic) bond motifs is 1. The van der Waals surface area contributed by atoms with Gasteiger partial charge in [-0.25, -0.2) is 4.39 Å². The van der Waals surface area contributed by atoms with E-state index in [4.69, 9.17) is 0 Å². The fourth-order valence-electron chi connectivity index (χ4n) is 1.84. The van der Waals surface area contributed by atoms with Crippen LogP contribution in [-0.4, -0.2) is 12.0 Å². The lowest BCUT2D eigenvalue weighted by atomic mass is 9.91. The third-order valence-electron chi connectivity index (χ3n) is 2.87. The molecule has 0 saturated heterocycles. The van der Waals surface area contributed by atoms with Gasteiger partial charge in [0, 0.05) is 32.8 Å². The highest BCUT2D eigenvalue weighted by Crippen LogP contribution is 2.31. The van der Waals surface area contributed by atoms with Gasteiger partial charge in [-0.05, 0) is 40.8 Å². The van der Waals surface area contributed by atoms with Crippen molar-refractivity contribution in [3.8, 4) is 0 Å². The normalized spacial score (nSPS) is 11.9. The summed E-state index contributed by atoms with van der Waals surface area (Å²) in [5.41, 5.74) is 2.75. The molecule has 0 aliphatic carbocycles. The fraction of sp³-hybridized carbons (Fsp3) is 0.357. The number of rotatable bonds is 1. The average molecular weight is 358 g/mol. The van der Waals surface area contributed by atoms with Gasteiger partial charge in [-0.1, -0.05) is 20.8 Å². The van der Waals surface area contributed by atoms with E-state index in [1.807, 2.05) is 13.1 Å². The first-order valence-electron chi connectivity index (χ1n) is 5.81. The molecule has 1 heterocycles. The Kier molecular flexibility index (Phi) is 3.49. The lowest BCUT2D eigenvalue weighted by molar-refractivity contribution is 0.571. The Morgan fingerprint density at radius 2 is 1.89 bits per heavy atom. The van der Waals surface area contributed by atoms with Crippen LogP contribution in [0.4, 0.5) is 10.1 Å². The van der Waals surface area contributed by atoms with Gasteiger partial charge in [-0.2, -0.15) is 0 Å². The van der Waals surface area contributed by atoms with E-state index in [-0.39, 0.29) is 11.2 Å². The van der Waals surface area contributed by atoms with E-state index in [9.17, 15) is 4.39 Å². The molecule has 0 radical (unpaired) electrons. The molecule has 0 unspecified atom stereocenters. The molecule has 96 valence electrons. The van der Waals surface area contributed by atoms with E-state index < -0.39 is 0 Å². The Morgan fingerprint density at radius 3 is 2.44 bits per heavy atom. The minimum atomic E-state index is -0.228. The van der Waals surface area contributed by atoms with Crippen LogP contribution in [0.25, 0.3) is 10.9 Å². The average Bonchev–Trinajstić information content (AvgIpc) is 2.26. The fourth-order valence-corrected chi connectivity index (χ4v) is 2.55. The first kappa shape index (κ1) is 13.5. The third-order valence-corrected chi connectivity index (χ3v) is 3.69. The third kappa shape index (κ3) is 2.43. The maximum absolute atomic E-state index is 13.5. The van der Waals surface area contributed by atoms with Crippen LogP contribution in [0.2, 0.25) is 0 Å². The molecule has 2 aromatic rings. The Labute approximate surface area is 120 Å². The number of hydrogen-bond acceptors (Lipinski definition) is 2. The summed E-state index contributed by atoms with van der Waals surface area (Å²) in [6.45, 7) is 6.37. The maximum atomic E-state index is 13.5. The van der Waals surface area contributed by atoms with Crippen LogP contribution in [0.1, 0.15) is 26.5 Å². The van der Waals surface area contributed by atoms with E-state index in [0.717, 1.165) is 25.9 Å². The van der Waals surface area contributed by atoms with Crippen LogP contribution in [0.15, 0.2) is 18.2 Å². The predicted octanol–water partition coefficient (Wildman–Crippen LogP) is 4.32. The van der Waals surface area contributed by atoms with Crippen molar-refractivity contribution >= 4 is 39.2 Å². The number of nitrogens with one attached hydrogen (secondary N) is 1. The first-order valence-corrected chi connectivity index (χ1v) is 6.89. The van der Waals surface area contributed by atoms with Crippen molar-refractivity contribution in [2.45, 2.75) is 26.2 Å². The minimum absolute atomic E-state index is 0.0305. The molecule has 2 nitrogen and oxygen atoms in total. The zero-order valence-corrected chi connectivity index (χ0v) is 13.1. The summed E-state index contributed by atoms with van der Waals surface area (Å²) in [7, 11) is 1.85. The van der Waals surface area contributed by atoms with Crippen LogP contribution in [-0.2, 0) is 5.41 Å². The van der Waals surface area contributed by atoms with E-state index in [2.05, 4.69) is 53.7 Å². The second-order valence-electron chi connectivity index (χ2n) is 5.34. The van der Waals surface area contributed by atoms with E-state index in [0.29, 0.717) is 0 Å². The minimum Gasteiger partial charge on any atom is -0.388 e. The molecule has 1 aromatic heterocycles. The summed E-state index contributed by atoms with van der Waals surface area (Å²) in [5, 5.41) is 3.96. The van der Waals surface area contributed by atoms with Crippen LogP contribution in [0.3, 0.4) is 0 Å². The van der Waals surface area contributed by atoms with Crippen molar-refractivity contribution < 1.29 is 4.39 Å². The van der Waals surface area contributed by atoms with Crippen molar-refractivity contribution in [3.63, 3.8) is 0 Å². The summed E-state index contributed by atoms with van der Waals surface area (Å²) >= 11 is 2.13. The van der Waals surface area contributed by atoms with E-state index in [1.54, 1.807) is 0 Å². The van der Waals surface area contributed by atoms with Gasteiger partial charge in [0.1, 0.15) is 5.82 Å². The van der Waals surface area contributed by atoms with Gasteiger partial charge in [0.25, 0.3) is 0 Å². The van der Waals surface area contributed by atoms with Gasteiger partial charge in [0.15, 0.2) is 0 Å². The topological polar surface area (TPSA) is 24.9 Å². The van der Waals surface area contributed by atoms with Crippen LogP contribution in [0.5, 0.6) is 0 Å². The Balaban J connectivity index is 2.84. The van der Waals surface area contributed by atoms with Crippen molar-refractivity contribution in [2.75, 3.05) is 12.4 Å². The van der Waals surface area contributed by atoms with E-state index >= 15 is 0 Å². The lowest BCUT2D eigenvalue weighted by Crippen LogP contribution is -2.14. The molecule has 0 aliphatic rings. The molecule has 0 bridgehead atoms. The maximum Gasteiger partial charge on any atom is 0.125 e. The van der Waals surface area contributed by atoms with E-state index in [1.165, 1.54) is 12.1 Å². The second kappa shape index (κ2) is 4.64. The molecular formula is C14H16FIN2. The summed E-state index contributed by atoms with van der Waals surface area (Å²) in [6.07, 6.45) is 0. The molecule has 0 spiro atoms. The van der Waals surface area contributed by atoms with Gasteiger partial charge in [-0.3, -0.25) is 4.98 Å². The van der Waals surface area contributed by atoms with Crippen molar-refractivity contribution in [1.82, 2.24) is 4.98 Å². The summed E-state index contributed by atoms with van der Waals surface area (Å²) in [6, 6.07) is 5.04. The summed E-state index contributed by atoms with van der Waals surface area (Å²) in [4.78, 5) is 4.68. The molecule has 0 fully saturated rings. The molecular weight excluding hydrogens is 342 g/mol. The number of pyridine rings is 1. The Bertz CT molecular complexity index is 603. The molecule has 2 rings (SSSR count). The quantitative estimate of drug-likeness (QED) is 0.769. The van der Waals surface area contributed by atoms with Gasteiger partial charge >= 0.3 is 0 Å². The predicted molar refractivity (Wildman–Crippen MR) is 82.7 cm³/mol. The first-order chi connectivity index (χ1) is 8.32. The monoisotopic (exact) mass is 358 g/mol. The number of anilines is 1. The highest BCUT2D eigenvalue weighted by Gasteiger charge is 2.18. The molecule has 0 saturated carbocycles. The molecule has 0 atom stereocenters. The van der Waals surface area contributed by atoms with Crippen molar-refractivity contribution in [2.24, 2.45) is 0 Å². The molecule has 0 amide bonds. The number of nitrogens with zero attached hydrogens (tertiary/aromatic N) is 1. The largest absolute Gasteiger partial charge is 0.388 e. The molecule has 1 N–H and O–H groups in total. The van der Waals surface area contributed by atoms with Gasteiger partial charge in [0.2, 0.25) is 0 Å². The molecule has 4 heteroatoms. The zero-order valence-electron chi connectivity index (χ0n) is 10.9. The lowest BCUT2D eigenvalue weighted by Gasteiger charge is -2.20. The summed E-state index contributed by atoms with van der Waals surface area (Å²) < 4.78 is 14.3. The standard InChI is InChI=1S/C14H16FIN2/c1-14(2,3)12-7-11(17-4)9-5-8(15)6-10(16)13(9)18-12/h5-7H,1-4H3,(H,17,18). The van der Waals surface area contributed by atoms with Gasteiger partial charge in [0.05, 0.1) is 5.52 Å². The Hall–Kier alpha value is -0.910. The second-order valence-corrected chi connectivity index (χ2v) is 6.50. The molecule has 18 heavy (non-hydrogen) atoms. The van der Waals surface area contributed by atoms with Crippen molar-refractivity contribution in [1.29, 1.82) is 0 Å². The van der Waals surface area contributed by atoms with Gasteiger partial charge in [-0.15, -0.1) is 0 Å². The highest BCUT2D eigenvalue weighted by molar-refractivity contribution is 14.1. The smallest absolute Gasteiger partial charge is 0.125 e. The Morgan fingerprint density at radius 1 is 1.22 bits per heavy atom. The van der Waals surface area contributed by atoms with Gasteiger partial charge < -0.3 is 5.32 Å². The van der Waals surface area contributed by atoms with Crippen LogP contribution in [0, 0.1) is 9.39 Å². The summed E-state index contributed by atoms with van der Waals surface area (Å²) in [5.74, 6) is -0.228. The number of halogens is 2. The zero-order chi connectivity index (χ0) is 13.5. The number of aromatic nitrogens is 1. The number of hydrogen-bond donors (Lipinski definition) is 1. The highest BCUT2D eigenvalue weighted by atomic mass is 127. The van der Waals surface area contributed by atoms with Crippen LogP contribution >= 0.6 is 22.6 Å². The number of benzene rings is 1. The SMILES string of the molecule is CNc1cc(C(C)(C)C)nc2c(I)cc(F)cc12. The molecule has 0 aliphatic heterocycles. The van der Waals surface area contributed by atoms with Crippen LogP contribution < -0.4 is 5.32 Å². The van der Waals surface area contributed by atoms with Crippen molar-refractivity contribution in [3.05, 3.63) is 33.3 Å². The molecule has 1 aromatic carbocycles.